The lowest BCUT2D eigenvalue weighted by Gasteiger charge is -2.13. The van der Waals surface area contributed by atoms with Crippen molar-refractivity contribution >= 4 is 46.0 Å². The van der Waals surface area contributed by atoms with E-state index >= 15 is 0 Å². The van der Waals surface area contributed by atoms with Gasteiger partial charge in [-0.15, -0.1) is 0 Å². The molecule has 1 saturated heterocycles. The van der Waals surface area contributed by atoms with Crippen LogP contribution in [0.5, 0.6) is 0 Å². The van der Waals surface area contributed by atoms with Crippen molar-refractivity contribution in [2.45, 2.75) is 6.92 Å². The van der Waals surface area contributed by atoms with Crippen LogP contribution in [0.2, 0.25) is 0 Å². The number of nitrogens with zero attached hydrogens (tertiary/aromatic N) is 1. The Kier molecular flexibility index (Phi) is 4.49. The van der Waals surface area contributed by atoms with Crippen molar-refractivity contribution in [3.8, 4) is 11.3 Å². The zero-order valence-electron chi connectivity index (χ0n) is 14.0. The maximum absolute atomic E-state index is 12.7. The van der Waals surface area contributed by atoms with Crippen LogP contribution in [-0.4, -0.2) is 10.2 Å². The number of aryl methyl sites for hydroxylation is 1. The Labute approximate surface area is 161 Å². The zero-order valence-corrected chi connectivity index (χ0v) is 15.6. The van der Waals surface area contributed by atoms with Crippen LogP contribution < -0.4 is 4.90 Å². The Morgan fingerprint density at radius 2 is 1.85 bits per heavy atom. The number of furan rings is 1. The average Bonchev–Trinajstić information content (AvgIpc) is 3.21. The standard InChI is InChI=1S/C21H15NO2S2/c1-14-6-5-7-15(12-14)18-11-10-17(24-18)13-19-20(23)22(21(25)26-19)16-8-3-2-4-9-16/h2-13H,1H3/b19-13+. The summed E-state index contributed by atoms with van der Waals surface area (Å²) in [6.07, 6.45) is 1.75. The largest absolute Gasteiger partial charge is 0.457 e. The van der Waals surface area contributed by atoms with Crippen LogP contribution in [-0.2, 0) is 4.79 Å². The minimum absolute atomic E-state index is 0.125. The average molecular weight is 377 g/mol. The highest BCUT2D eigenvalue weighted by molar-refractivity contribution is 8.27. The fourth-order valence-electron chi connectivity index (χ4n) is 2.78. The highest BCUT2D eigenvalue weighted by Gasteiger charge is 2.33. The summed E-state index contributed by atoms with van der Waals surface area (Å²) < 4.78 is 6.43. The number of amides is 1. The third kappa shape index (κ3) is 3.23. The Hall–Kier alpha value is -2.63. The van der Waals surface area contributed by atoms with E-state index in [1.165, 1.54) is 17.3 Å². The van der Waals surface area contributed by atoms with Gasteiger partial charge in [0.05, 0.1) is 10.6 Å². The highest BCUT2D eigenvalue weighted by Crippen LogP contribution is 2.36. The van der Waals surface area contributed by atoms with Gasteiger partial charge in [0.2, 0.25) is 0 Å². The summed E-state index contributed by atoms with van der Waals surface area (Å²) in [5.74, 6) is 1.29. The van der Waals surface area contributed by atoms with Crippen LogP contribution >= 0.6 is 24.0 Å². The van der Waals surface area contributed by atoms with Gasteiger partial charge >= 0.3 is 0 Å². The van der Waals surface area contributed by atoms with Crippen molar-refractivity contribution < 1.29 is 9.21 Å². The predicted molar refractivity (Wildman–Crippen MR) is 111 cm³/mol. The summed E-state index contributed by atoms with van der Waals surface area (Å²) in [4.78, 5) is 14.9. The molecule has 0 saturated carbocycles. The van der Waals surface area contributed by atoms with Gasteiger partial charge in [0.15, 0.2) is 4.32 Å². The Bertz CT molecular complexity index is 1020. The van der Waals surface area contributed by atoms with Gasteiger partial charge in [-0.25, -0.2) is 0 Å². The molecule has 1 aliphatic rings. The molecule has 2 heterocycles. The molecule has 3 aromatic rings. The summed E-state index contributed by atoms with van der Waals surface area (Å²) in [5.41, 5.74) is 2.96. The third-order valence-electron chi connectivity index (χ3n) is 4.01. The summed E-state index contributed by atoms with van der Waals surface area (Å²) in [6.45, 7) is 2.04. The molecule has 0 spiro atoms. The SMILES string of the molecule is Cc1cccc(-c2ccc(/C=C3/SC(=S)N(c4ccccc4)C3=O)o2)c1. The van der Waals surface area contributed by atoms with Crippen molar-refractivity contribution in [1.82, 2.24) is 0 Å². The van der Waals surface area contributed by atoms with Gasteiger partial charge in [0.1, 0.15) is 11.5 Å². The van der Waals surface area contributed by atoms with Crippen molar-refractivity contribution in [2.24, 2.45) is 0 Å². The molecule has 0 N–H and O–H groups in total. The second kappa shape index (κ2) is 6.94. The van der Waals surface area contributed by atoms with Crippen LogP contribution in [0.4, 0.5) is 5.69 Å². The van der Waals surface area contributed by atoms with Crippen LogP contribution in [0.15, 0.2) is 76.1 Å². The molecule has 1 aliphatic heterocycles. The van der Waals surface area contributed by atoms with E-state index in [0.717, 1.165) is 17.0 Å². The lowest BCUT2D eigenvalue weighted by atomic mass is 10.1. The smallest absolute Gasteiger partial charge is 0.270 e. The van der Waals surface area contributed by atoms with E-state index < -0.39 is 0 Å². The Balaban J connectivity index is 1.62. The first kappa shape index (κ1) is 16.8. The molecule has 3 nitrogen and oxygen atoms in total. The molecule has 0 unspecified atom stereocenters. The van der Waals surface area contributed by atoms with Crippen LogP contribution in [0.1, 0.15) is 11.3 Å². The minimum Gasteiger partial charge on any atom is -0.457 e. The van der Waals surface area contributed by atoms with Crippen molar-refractivity contribution in [1.29, 1.82) is 0 Å². The second-order valence-corrected chi connectivity index (χ2v) is 7.60. The maximum atomic E-state index is 12.7. The zero-order chi connectivity index (χ0) is 18.1. The van der Waals surface area contributed by atoms with E-state index in [4.69, 9.17) is 16.6 Å². The summed E-state index contributed by atoms with van der Waals surface area (Å²) in [6, 6.07) is 21.3. The fraction of sp³-hybridized carbons (Fsp3) is 0.0476. The lowest BCUT2D eigenvalue weighted by molar-refractivity contribution is -0.113. The first-order chi connectivity index (χ1) is 12.6. The van der Waals surface area contributed by atoms with Crippen molar-refractivity contribution in [3.63, 3.8) is 0 Å². The monoisotopic (exact) mass is 377 g/mol. The van der Waals surface area contributed by atoms with Crippen molar-refractivity contribution in [2.75, 3.05) is 4.90 Å². The number of thiocarbonyl (C=S) groups is 1. The first-order valence-electron chi connectivity index (χ1n) is 8.12. The molecular weight excluding hydrogens is 362 g/mol. The van der Waals surface area contributed by atoms with E-state index in [2.05, 4.69) is 6.07 Å². The number of hydrogen-bond acceptors (Lipinski definition) is 4. The Morgan fingerprint density at radius 1 is 1.04 bits per heavy atom. The van der Waals surface area contributed by atoms with Gasteiger partial charge in [-0.1, -0.05) is 65.9 Å². The van der Waals surface area contributed by atoms with E-state index in [0.29, 0.717) is 15.0 Å². The molecule has 0 aliphatic carbocycles. The van der Waals surface area contributed by atoms with Crippen LogP contribution in [0.3, 0.4) is 0 Å². The molecule has 1 aromatic heterocycles. The molecule has 5 heteroatoms. The molecule has 0 atom stereocenters. The normalized spacial score (nSPS) is 15.9. The number of hydrogen-bond donors (Lipinski definition) is 0. The number of carbonyl (C=O) groups is 1. The van der Waals surface area contributed by atoms with Crippen LogP contribution in [0.25, 0.3) is 17.4 Å². The number of anilines is 1. The van der Waals surface area contributed by atoms with Gasteiger partial charge in [-0.3, -0.25) is 9.69 Å². The minimum atomic E-state index is -0.125. The van der Waals surface area contributed by atoms with E-state index in [1.807, 2.05) is 67.6 Å². The van der Waals surface area contributed by atoms with Crippen molar-refractivity contribution in [3.05, 3.63) is 83.0 Å². The molecule has 0 radical (unpaired) electrons. The van der Waals surface area contributed by atoms with E-state index in [-0.39, 0.29) is 5.91 Å². The maximum Gasteiger partial charge on any atom is 0.270 e. The van der Waals surface area contributed by atoms with Gasteiger partial charge in [-0.2, -0.15) is 0 Å². The van der Waals surface area contributed by atoms with Gasteiger partial charge < -0.3 is 4.42 Å². The first-order valence-corrected chi connectivity index (χ1v) is 9.34. The number of thioether (sulfide) groups is 1. The number of benzene rings is 2. The van der Waals surface area contributed by atoms with Crippen LogP contribution in [0, 0.1) is 6.92 Å². The molecule has 0 bridgehead atoms. The van der Waals surface area contributed by atoms with Gasteiger partial charge in [-0.05, 0) is 37.3 Å². The van der Waals surface area contributed by atoms with Gasteiger partial charge in [0.25, 0.3) is 5.91 Å². The molecule has 1 amide bonds. The second-order valence-electron chi connectivity index (χ2n) is 5.92. The molecule has 1 fully saturated rings. The molecule has 2 aromatic carbocycles. The molecule has 4 rings (SSSR count). The molecule has 128 valence electrons. The Morgan fingerprint density at radius 3 is 2.62 bits per heavy atom. The third-order valence-corrected chi connectivity index (χ3v) is 5.31. The van der Waals surface area contributed by atoms with E-state index in [1.54, 1.807) is 11.0 Å². The molecular formula is C21H15NO2S2. The number of para-hydroxylation sites is 1. The fourth-order valence-corrected chi connectivity index (χ4v) is 4.06. The highest BCUT2D eigenvalue weighted by atomic mass is 32.2. The topological polar surface area (TPSA) is 33.5 Å². The summed E-state index contributed by atoms with van der Waals surface area (Å²) in [5, 5.41) is 0. The predicted octanol–water partition coefficient (Wildman–Crippen LogP) is 5.66. The molecule has 26 heavy (non-hydrogen) atoms. The number of carbonyl (C=O) groups excluding carboxylic acids is 1. The summed E-state index contributed by atoms with van der Waals surface area (Å²) >= 11 is 6.67. The number of rotatable bonds is 3. The van der Waals surface area contributed by atoms with Gasteiger partial charge in [0, 0.05) is 11.6 Å². The quantitative estimate of drug-likeness (QED) is 0.435. The van der Waals surface area contributed by atoms with E-state index in [9.17, 15) is 4.79 Å². The lowest BCUT2D eigenvalue weighted by Crippen LogP contribution is -2.27. The summed E-state index contributed by atoms with van der Waals surface area (Å²) in [7, 11) is 0.